The number of hydrogen-bond donors (Lipinski definition) is 0. The first-order valence-electron chi connectivity index (χ1n) is 7.82. The van der Waals surface area contributed by atoms with Gasteiger partial charge in [-0.05, 0) is 37.5 Å². The Morgan fingerprint density at radius 3 is 1.47 bits per heavy atom. The summed E-state index contributed by atoms with van der Waals surface area (Å²) in [6.07, 6.45) is 7.21. The van der Waals surface area contributed by atoms with E-state index in [1.165, 1.54) is 36.8 Å². The van der Waals surface area contributed by atoms with Crippen LogP contribution in [0.4, 0.5) is 0 Å². The second-order valence-electron chi connectivity index (χ2n) is 6.56. The molecule has 0 aliphatic carbocycles. The molecule has 0 aromatic rings. The lowest BCUT2D eigenvalue weighted by molar-refractivity contribution is 0.175. The molecule has 1 heteroatoms. The largest absolute Gasteiger partial charge is 0.373 e. The van der Waals surface area contributed by atoms with Gasteiger partial charge in [0.15, 0.2) is 0 Å². The minimum Gasteiger partial charge on any atom is -0.373 e. The average molecular weight is 266 g/mol. The monoisotopic (exact) mass is 266 g/mol. The van der Waals surface area contributed by atoms with Crippen molar-refractivity contribution in [2.24, 2.45) is 11.8 Å². The summed E-state index contributed by atoms with van der Waals surface area (Å²) in [6.45, 7) is 18.6. The number of ether oxygens (including phenoxy) is 1. The summed E-state index contributed by atoms with van der Waals surface area (Å²) < 4.78 is 5.67. The van der Waals surface area contributed by atoms with E-state index in [0.29, 0.717) is 13.2 Å². The molecule has 19 heavy (non-hydrogen) atoms. The summed E-state index contributed by atoms with van der Waals surface area (Å²) in [6, 6.07) is 0. The van der Waals surface area contributed by atoms with Gasteiger partial charge in [0.05, 0.1) is 13.2 Å². The second-order valence-corrected chi connectivity index (χ2v) is 6.56. The van der Waals surface area contributed by atoms with Gasteiger partial charge in [-0.15, -0.1) is 0 Å². The first kappa shape index (κ1) is 18.4. The van der Waals surface area contributed by atoms with Crippen LogP contribution < -0.4 is 0 Å². The molecular weight excluding hydrogens is 232 g/mol. The van der Waals surface area contributed by atoms with Crippen molar-refractivity contribution >= 4 is 0 Å². The molecule has 0 radical (unpaired) electrons. The van der Waals surface area contributed by atoms with Gasteiger partial charge in [-0.25, -0.2) is 0 Å². The van der Waals surface area contributed by atoms with Crippen molar-refractivity contribution in [3.05, 3.63) is 24.3 Å². The van der Waals surface area contributed by atoms with Crippen molar-refractivity contribution in [1.29, 1.82) is 0 Å². The zero-order chi connectivity index (χ0) is 14.7. The van der Waals surface area contributed by atoms with E-state index in [1.54, 1.807) is 0 Å². The van der Waals surface area contributed by atoms with Crippen molar-refractivity contribution in [3.8, 4) is 0 Å². The van der Waals surface area contributed by atoms with E-state index in [2.05, 4.69) is 40.9 Å². The summed E-state index contributed by atoms with van der Waals surface area (Å²) in [4.78, 5) is 0. The summed E-state index contributed by atoms with van der Waals surface area (Å²) in [5.74, 6) is 1.57. The van der Waals surface area contributed by atoms with Crippen molar-refractivity contribution in [1.82, 2.24) is 0 Å². The van der Waals surface area contributed by atoms with Crippen molar-refractivity contribution in [2.75, 3.05) is 13.2 Å². The van der Waals surface area contributed by atoms with E-state index in [4.69, 9.17) is 4.74 Å². The zero-order valence-corrected chi connectivity index (χ0v) is 13.6. The lowest BCUT2D eigenvalue weighted by Crippen LogP contribution is -2.02. The molecule has 0 aromatic carbocycles. The maximum atomic E-state index is 5.67. The van der Waals surface area contributed by atoms with Gasteiger partial charge in [-0.1, -0.05) is 64.8 Å². The van der Waals surface area contributed by atoms with Gasteiger partial charge in [-0.3, -0.25) is 0 Å². The summed E-state index contributed by atoms with van der Waals surface area (Å²) >= 11 is 0. The maximum absolute atomic E-state index is 5.67. The Morgan fingerprint density at radius 1 is 0.789 bits per heavy atom. The third kappa shape index (κ3) is 13.7. The Bertz CT molecular complexity index is 224. The lowest BCUT2D eigenvalue weighted by Gasteiger charge is -2.10. The first-order chi connectivity index (χ1) is 8.91. The smallest absolute Gasteiger partial charge is 0.0678 e. The topological polar surface area (TPSA) is 9.23 Å². The third-order valence-electron chi connectivity index (χ3n) is 3.24. The van der Waals surface area contributed by atoms with Gasteiger partial charge in [0.2, 0.25) is 0 Å². The fourth-order valence-electron chi connectivity index (χ4n) is 2.00. The molecule has 0 spiro atoms. The standard InChI is InChI=1S/C18H34O/c1-15(2)9-7-11-17(5)13-19-14-18(6)12-8-10-16(3)4/h15-16H,5-14H2,1-4H3. The van der Waals surface area contributed by atoms with Crippen molar-refractivity contribution < 1.29 is 4.74 Å². The van der Waals surface area contributed by atoms with Crippen LogP contribution in [0.25, 0.3) is 0 Å². The Morgan fingerprint density at radius 2 is 1.16 bits per heavy atom. The maximum Gasteiger partial charge on any atom is 0.0678 e. The van der Waals surface area contributed by atoms with Crippen LogP contribution in [0.15, 0.2) is 24.3 Å². The van der Waals surface area contributed by atoms with E-state index in [-0.39, 0.29) is 0 Å². The molecule has 0 aliphatic rings. The van der Waals surface area contributed by atoms with Crippen LogP contribution in [-0.2, 0) is 4.74 Å². The van der Waals surface area contributed by atoms with Crippen LogP contribution in [-0.4, -0.2) is 13.2 Å². The van der Waals surface area contributed by atoms with E-state index in [9.17, 15) is 0 Å². The minimum atomic E-state index is 0.696. The van der Waals surface area contributed by atoms with Gasteiger partial charge >= 0.3 is 0 Å². The normalized spacial score (nSPS) is 11.3. The molecule has 0 heterocycles. The Labute approximate surface area is 121 Å². The van der Waals surface area contributed by atoms with Crippen LogP contribution in [0.3, 0.4) is 0 Å². The van der Waals surface area contributed by atoms with E-state index in [0.717, 1.165) is 24.7 Å². The molecule has 0 rings (SSSR count). The molecule has 0 amide bonds. The van der Waals surface area contributed by atoms with Crippen LogP contribution in [0.1, 0.15) is 66.2 Å². The molecule has 0 bridgehead atoms. The van der Waals surface area contributed by atoms with Crippen LogP contribution in [0, 0.1) is 11.8 Å². The predicted molar refractivity (Wildman–Crippen MR) is 86.5 cm³/mol. The molecule has 0 saturated carbocycles. The molecule has 0 N–H and O–H groups in total. The van der Waals surface area contributed by atoms with E-state index >= 15 is 0 Å². The van der Waals surface area contributed by atoms with Gasteiger partial charge in [0.25, 0.3) is 0 Å². The Kier molecular flexibility index (Phi) is 10.9. The molecule has 0 fully saturated rings. The molecule has 0 saturated heterocycles. The van der Waals surface area contributed by atoms with Gasteiger partial charge in [0, 0.05) is 0 Å². The van der Waals surface area contributed by atoms with E-state index in [1.807, 2.05) is 0 Å². The quantitative estimate of drug-likeness (QED) is 0.408. The summed E-state index contributed by atoms with van der Waals surface area (Å²) in [5.41, 5.74) is 2.44. The highest BCUT2D eigenvalue weighted by Crippen LogP contribution is 2.13. The Hall–Kier alpha value is -0.560. The van der Waals surface area contributed by atoms with E-state index < -0.39 is 0 Å². The van der Waals surface area contributed by atoms with Gasteiger partial charge < -0.3 is 4.74 Å². The predicted octanol–water partition coefficient (Wildman–Crippen LogP) is 5.77. The molecule has 0 aliphatic heterocycles. The molecule has 112 valence electrons. The van der Waals surface area contributed by atoms with Gasteiger partial charge in [-0.2, -0.15) is 0 Å². The highest BCUT2D eigenvalue weighted by atomic mass is 16.5. The molecule has 0 unspecified atom stereocenters. The number of hydrogen-bond acceptors (Lipinski definition) is 1. The van der Waals surface area contributed by atoms with Crippen LogP contribution in [0.2, 0.25) is 0 Å². The van der Waals surface area contributed by atoms with Crippen LogP contribution in [0.5, 0.6) is 0 Å². The van der Waals surface area contributed by atoms with Crippen LogP contribution >= 0.6 is 0 Å². The molecule has 0 aromatic heterocycles. The zero-order valence-electron chi connectivity index (χ0n) is 13.6. The summed E-state index contributed by atoms with van der Waals surface area (Å²) in [7, 11) is 0. The average Bonchev–Trinajstić information content (AvgIpc) is 2.27. The summed E-state index contributed by atoms with van der Waals surface area (Å²) in [5, 5.41) is 0. The first-order valence-corrected chi connectivity index (χ1v) is 7.82. The lowest BCUT2D eigenvalue weighted by atomic mass is 10.0. The minimum absolute atomic E-state index is 0.696. The SMILES string of the molecule is C=C(CCCC(C)C)COCC(=C)CCCC(C)C. The molecular formula is C18H34O. The fraction of sp³-hybridized carbons (Fsp3) is 0.778. The van der Waals surface area contributed by atoms with Crippen molar-refractivity contribution in [3.63, 3.8) is 0 Å². The molecule has 1 nitrogen and oxygen atoms in total. The molecule has 0 atom stereocenters. The fourth-order valence-corrected chi connectivity index (χ4v) is 2.00. The Balaban J connectivity index is 3.45. The second kappa shape index (κ2) is 11.3. The van der Waals surface area contributed by atoms with Crippen molar-refractivity contribution in [2.45, 2.75) is 66.2 Å². The highest BCUT2D eigenvalue weighted by molar-refractivity contribution is 4.97. The highest BCUT2D eigenvalue weighted by Gasteiger charge is 2.01. The third-order valence-corrected chi connectivity index (χ3v) is 3.24. The van der Waals surface area contributed by atoms with Gasteiger partial charge in [0.1, 0.15) is 0 Å². The number of rotatable bonds is 12.